The average molecular weight is 529 g/mol. The maximum absolute atomic E-state index is 6.09. The molecule has 0 aliphatic carbocycles. The van der Waals surface area contributed by atoms with E-state index in [1.807, 2.05) is 24.9 Å². The molecule has 6 nitrogen and oxygen atoms in total. The minimum absolute atomic E-state index is 0.0102. The van der Waals surface area contributed by atoms with Crippen LogP contribution in [0, 0.1) is 18.8 Å². The van der Waals surface area contributed by atoms with E-state index in [2.05, 4.69) is 78.3 Å². The molecule has 1 N–H and O–H groups in total. The van der Waals surface area contributed by atoms with E-state index in [1.165, 1.54) is 0 Å². The van der Waals surface area contributed by atoms with Crippen molar-refractivity contribution in [3.8, 4) is 0 Å². The van der Waals surface area contributed by atoms with Crippen LogP contribution in [0.25, 0.3) is 11.2 Å². The summed E-state index contributed by atoms with van der Waals surface area (Å²) in [4.78, 5) is 13.4. The fraction of sp³-hybridized carbons (Fsp3) is 0.643. The van der Waals surface area contributed by atoms with Crippen LogP contribution in [-0.4, -0.2) is 32.7 Å². The number of nitrogens with one attached hydrogen (secondary N) is 1. The fourth-order valence-corrected chi connectivity index (χ4v) is 2.86. The smallest absolute Gasteiger partial charge is 0.167 e. The summed E-state index contributed by atoms with van der Waals surface area (Å²) in [5.74, 6) is 2.44. The third-order valence-corrected chi connectivity index (χ3v) is 4.42. The Morgan fingerprint density at radius 1 is 1.18 bits per heavy atom. The van der Waals surface area contributed by atoms with Crippen molar-refractivity contribution < 1.29 is 4.74 Å². The second-order valence-corrected chi connectivity index (χ2v) is 5.64. The molecule has 3 rings (SSSR count). The molecule has 0 amide bonds. The molecular weight excluding hydrogens is 508 g/mol. The second kappa shape index (κ2) is 7.56. The van der Waals surface area contributed by atoms with E-state index >= 15 is 0 Å². The zero-order valence-electron chi connectivity index (χ0n) is 13.3. The van der Waals surface area contributed by atoms with Crippen LogP contribution in [0.3, 0.4) is 0 Å². The first-order chi connectivity index (χ1) is 10.5. The van der Waals surface area contributed by atoms with Gasteiger partial charge in [0, 0.05) is 50.2 Å². The second-order valence-electron chi connectivity index (χ2n) is 5.64. The number of fused-ring (bicyclic) bond motifs is 1. The first kappa shape index (κ1) is 18.1. The molecule has 0 aromatic carbocycles. The number of ether oxygens (including phenoxy) is 1. The molecule has 8 heteroatoms. The van der Waals surface area contributed by atoms with Gasteiger partial charge < -0.3 is 10.1 Å². The minimum atomic E-state index is -0.0102. The Kier molecular flexibility index (Phi) is 6.22. The molecule has 3 heterocycles. The zero-order chi connectivity index (χ0) is 16.4. The summed E-state index contributed by atoms with van der Waals surface area (Å²) in [6, 6.07) is 0. The lowest BCUT2D eigenvalue weighted by Crippen LogP contribution is -2.15. The van der Waals surface area contributed by atoms with E-state index in [0.29, 0.717) is 11.8 Å². The van der Waals surface area contributed by atoms with Crippen molar-refractivity contribution in [3.63, 3.8) is 0 Å². The molecular formula is C14H21I2N5O. The highest BCUT2D eigenvalue weighted by Crippen LogP contribution is 2.39. The summed E-state index contributed by atoms with van der Waals surface area (Å²) in [6.45, 7) is 8.47. The highest BCUT2D eigenvalue weighted by atomic mass is 128. The first-order valence-corrected chi connectivity index (χ1v) is 13.5. The maximum Gasteiger partial charge on any atom is 0.167 e. The SMILES string of the molecule is CNc1nc(C)nc2c1ncn2[C@@H]1O[C@H](C)[C@@H](C)[C@H]1C.II. The Bertz CT molecular complexity index is 647. The largest absolute Gasteiger partial charge is 0.371 e. The van der Waals surface area contributed by atoms with Crippen molar-refractivity contribution in [1.82, 2.24) is 19.5 Å². The lowest BCUT2D eigenvalue weighted by atomic mass is 9.93. The molecule has 122 valence electrons. The molecule has 0 spiro atoms. The molecule has 1 aliphatic rings. The summed E-state index contributed by atoms with van der Waals surface area (Å²) in [5.41, 5.74) is 1.63. The van der Waals surface area contributed by atoms with Crippen LogP contribution >= 0.6 is 37.2 Å². The van der Waals surface area contributed by atoms with Crippen LogP contribution in [-0.2, 0) is 4.74 Å². The summed E-state index contributed by atoms with van der Waals surface area (Å²) < 4.78 is 8.13. The quantitative estimate of drug-likeness (QED) is 0.593. The molecule has 1 saturated heterocycles. The Hall–Kier alpha value is -0.230. The van der Waals surface area contributed by atoms with Crippen molar-refractivity contribution in [1.29, 1.82) is 0 Å². The molecule has 1 fully saturated rings. The first-order valence-electron chi connectivity index (χ1n) is 7.21. The van der Waals surface area contributed by atoms with E-state index in [0.717, 1.165) is 22.8 Å². The summed E-state index contributed by atoms with van der Waals surface area (Å²) in [7, 11) is 1.85. The third-order valence-electron chi connectivity index (χ3n) is 4.42. The summed E-state index contributed by atoms with van der Waals surface area (Å²) in [5, 5.41) is 3.08. The number of hydrogen-bond acceptors (Lipinski definition) is 5. The lowest BCUT2D eigenvalue weighted by Gasteiger charge is -2.18. The van der Waals surface area contributed by atoms with Crippen molar-refractivity contribution >= 4 is 54.2 Å². The predicted octanol–water partition coefficient (Wildman–Crippen LogP) is 4.14. The Labute approximate surface area is 154 Å². The van der Waals surface area contributed by atoms with Gasteiger partial charge in [-0.05, 0) is 19.8 Å². The van der Waals surface area contributed by atoms with Gasteiger partial charge in [0.1, 0.15) is 12.1 Å². The molecule has 0 radical (unpaired) electrons. The molecule has 4 atom stereocenters. The number of halogens is 2. The van der Waals surface area contributed by atoms with Gasteiger partial charge in [0.2, 0.25) is 0 Å². The van der Waals surface area contributed by atoms with Crippen LogP contribution in [0.5, 0.6) is 0 Å². The number of aromatic nitrogens is 4. The molecule has 0 unspecified atom stereocenters. The van der Waals surface area contributed by atoms with Crippen LogP contribution in [0.1, 0.15) is 32.8 Å². The monoisotopic (exact) mass is 529 g/mol. The Balaban J connectivity index is 0.000000847. The highest BCUT2D eigenvalue weighted by molar-refractivity contribution is 15.0. The third kappa shape index (κ3) is 3.18. The minimum Gasteiger partial charge on any atom is -0.371 e. The number of rotatable bonds is 2. The van der Waals surface area contributed by atoms with E-state index in [9.17, 15) is 0 Å². The summed E-state index contributed by atoms with van der Waals surface area (Å²) in [6.07, 6.45) is 2.05. The van der Waals surface area contributed by atoms with E-state index in [1.54, 1.807) is 0 Å². The van der Waals surface area contributed by atoms with Gasteiger partial charge in [-0.3, -0.25) is 4.57 Å². The van der Waals surface area contributed by atoms with Gasteiger partial charge in [-0.15, -0.1) is 0 Å². The highest BCUT2D eigenvalue weighted by Gasteiger charge is 2.38. The average Bonchev–Trinajstić information content (AvgIpc) is 3.05. The van der Waals surface area contributed by atoms with Crippen molar-refractivity contribution in [2.45, 2.75) is 40.0 Å². The number of aryl methyl sites for hydroxylation is 1. The van der Waals surface area contributed by atoms with Crippen LogP contribution in [0.4, 0.5) is 5.82 Å². The van der Waals surface area contributed by atoms with Crippen molar-refractivity contribution in [2.24, 2.45) is 11.8 Å². The van der Waals surface area contributed by atoms with Crippen molar-refractivity contribution in [2.75, 3.05) is 12.4 Å². The molecule has 1 aliphatic heterocycles. The number of nitrogens with zero attached hydrogens (tertiary/aromatic N) is 4. The maximum atomic E-state index is 6.09. The molecule has 2 aromatic rings. The van der Waals surface area contributed by atoms with Crippen LogP contribution < -0.4 is 5.32 Å². The number of hydrogen-bond donors (Lipinski definition) is 1. The standard InChI is InChI=1S/C14H21N5O.I2/c1-7-8(2)14(20-9(7)3)19-6-16-11-12(15-5)17-10(4)18-13(11)19;1-2/h6-9,14H,1-5H3,(H,15,17,18);/t7-,8+,9+,14+;/m0./s1. The van der Waals surface area contributed by atoms with Crippen LogP contribution in [0.15, 0.2) is 6.33 Å². The predicted molar refractivity (Wildman–Crippen MR) is 106 cm³/mol. The molecule has 22 heavy (non-hydrogen) atoms. The number of imidazole rings is 1. The number of anilines is 1. The molecule has 2 aromatic heterocycles. The van der Waals surface area contributed by atoms with Gasteiger partial charge in [0.15, 0.2) is 17.0 Å². The van der Waals surface area contributed by atoms with E-state index in [4.69, 9.17) is 4.74 Å². The van der Waals surface area contributed by atoms with Crippen LogP contribution in [0.2, 0.25) is 0 Å². The summed E-state index contributed by atoms with van der Waals surface area (Å²) >= 11 is 4.24. The zero-order valence-corrected chi connectivity index (χ0v) is 17.7. The Morgan fingerprint density at radius 3 is 2.41 bits per heavy atom. The normalized spacial score (nSPS) is 27.6. The van der Waals surface area contributed by atoms with Gasteiger partial charge in [-0.25, -0.2) is 15.0 Å². The van der Waals surface area contributed by atoms with Gasteiger partial charge >= 0.3 is 0 Å². The molecule has 0 saturated carbocycles. The van der Waals surface area contributed by atoms with E-state index in [-0.39, 0.29) is 12.3 Å². The van der Waals surface area contributed by atoms with Gasteiger partial charge in [-0.2, -0.15) is 0 Å². The molecule has 0 bridgehead atoms. The van der Waals surface area contributed by atoms with Gasteiger partial charge in [-0.1, -0.05) is 13.8 Å². The van der Waals surface area contributed by atoms with E-state index < -0.39 is 0 Å². The van der Waals surface area contributed by atoms with Gasteiger partial charge in [0.05, 0.1) is 12.4 Å². The topological polar surface area (TPSA) is 64.9 Å². The van der Waals surface area contributed by atoms with Crippen molar-refractivity contribution in [3.05, 3.63) is 12.2 Å². The van der Waals surface area contributed by atoms with Gasteiger partial charge in [0.25, 0.3) is 0 Å². The Morgan fingerprint density at radius 2 is 1.86 bits per heavy atom. The fourth-order valence-electron chi connectivity index (χ4n) is 2.86. The lowest BCUT2D eigenvalue weighted by molar-refractivity contribution is -0.00236.